The third-order valence-electron chi connectivity index (χ3n) is 2.39. The van der Waals surface area contributed by atoms with Crippen LogP contribution >= 0.6 is 0 Å². The van der Waals surface area contributed by atoms with Crippen molar-refractivity contribution >= 4 is 5.88 Å². The van der Waals surface area contributed by atoms with Gasteiger partial charge in [-0.15, -0.1) is 0 Å². The first-order valence-electron chi connectivity index (χ1n) is 5.56. The summed E-state index contributed by atoms with van der Waals surface area (Å²) in [5.41, 5.74) is 0.608. The van der Waals surface area contributed by atoms with Gasteiger partial charge in [0.15, 0.2) is 0 Å². The maximum atomic E-state index is 9.21. The molecular formula is C12H22N2O2. The van der Waals surface area contributed by atoms with E-state index in [1.54, 1.807) is 0 Å². The minimum Gasteiger partial charge on any atom is -0.395 e. The lowest BCUT2D eigenvalue weighted by atomic mass is 9.91. The topological polar surface area (TPSA) is 58.3 Å². The van der Waals surface area contributed by atoms with E-state index in [2.05, 4.69) is 31.2 Å². The zero-order valence-corrected chi connectivity index (χ0v) is 10.8. The summed E-state index contributed by atoms with van der Waals surface area (Å²) in [6.07, 6.45) is 0. The van der Waals surface area contributed by atoms with Crippen molar-refractivity contribution in [2.45, 2.75) is 40.0 Å². The number of aliphatic hydroxyl groups excluding tert-OH is 1. The average molecular weight is 226 g/mol. The third kappa shape index (κ3) is 3.52. The van der Waals surface area contributed by atoms with E-state index in [0.29, 0.717) is 5.88 Å². The molecule has 0 saturated carbocycles. The molecule has 0 unspecified atom stereocenters. The standard InChI is InChI=1S/C12H22N2O2/c1-11(2,3)7-13-10-6-9(14-16-10)12(4,5)8-15/h6,13,15H,7-8H2,1-5H3. The monoisotopic (exact) mass is 226 g/mol. The molecule has 0 aliphatic rings. The first-order valence-corrected chi connectivity index (χ1v) is 5.56. The average Bonchev–Trinajstić information content (AvgIpc) is 2.62. The second kappa shape index (κ2) is 4.45. The fraction of sp³-hybridized carbons (Fsp3) is 0.750. The van der Waals surface area contributed by atoms with Gasteiger partial charge in [0.2, 0.25) is 5.88 Å². The number of nitrogens with zero attached hydrogens (tertiary/aromatic N) is 1. The van der Waals surface area contributed by atoms with Gasteiger partial charge in [-0.2, -0.15) is 0 Å². The van der Waals surface area contributed by atoms with Crippen molar-refractivity contribution in [1.29, 1.82) is 0 Å². The van der Waals surface area contributed by atoms with Gasteiger partial charge in [-0.05, 0) is 5.41 Å². The Bertz CT molecular complexity index is 337. The molecule has 1 rings (SSSR count). The third-order valence-corrected chi connectivity index (χ3v) is 2.39. The smallest absolute Gasteiger partial charge is 0.224 e. The molecule has 1 aromatic heterocycles. The van der Waals surface area contributed by atoms with Gasteiger partial charge in [0, 0.05) is 18.0 Å². The summed E-state index contributed by atoms with van der Waals surface area (Å²) in [5.74, 6) is 0.659. The van der Waals surface area contributed by atoms with Crippen LogP contribution in [0.2, 0.25) is 0 Å². The summed E-state index contributed by atoms with van der Waals surface area (Å²) in [5, 5.41) is 16.4. The highest BCUT2D eigenvalue weighted by molar-refractivity contribution is 5.34. The lowest BCUT2D eigenvalue weighted by molar-refractivity contribution is 0.210. The van der Waals surface area contributed by atoms with Gasteiger partial charge in [-0.1, -0.05) is 39.8 Å². The number of anilines is 1. The van der Waals surface area contributed by atoms with Crippen LogP contribution in [-0.4, -0.2) is 23.4 Å². The Morgan fingerprint density at radius 1 is 1.31 bits per heavy atom. The minimum absolute atomic E-state index is 0.0538. The maximum absolute atomic E-state index is 9.21. The van der Waals surface area contributed by atoms with E-state index in [1.165, 1.54) is 0 Å². The molecule has 0 fully saturated rings. The van der Waals surface area contributed by atoms with E-state index in [9.17, 15) is 5.11 Å². The molecule has 0 aliphatic heterocycles. The van der Waals surface area contributed by atoms with Gasteiger partial charge in [-0.3, -0.25) is 0 Å². The van der Waals surface area contributed by atoms with Gasteiger partial charge in [-0.25, -0.2) is 0 Å². The molecule has 0 bridgehead atoms. The van der Waals surface area contributed by atoms with Crippen molar-refractivity contribution in [2.75, 3.05) is 18.5 Å². The number of rotatable bonds is 4. The Morgan fingerprint density at radius 3 is 2.44 bits per heavy atom. The molecule has 0 saturated heterocycles. The molecule has 0 aliphatic carbocycles. The van der Waals surface area contributed by atoms with Gasteiger partial charge < -0.3 is 14.9 Å². The highest BCUT2D eigenvalue weighted by atomic mass is 16.5. The van der Waals surface area contributed by atoms with E-state index in [4.69, 9.17) is 4.52 Å². The first-order chi connectivity index (χ1) is 7.24. The molecule has 0 atom stereocenters. The second-order valence-electron chi connectivity index (χ2n) is 6.03. The zero-order valence-electron chi connectivity index (χ0n) is 10.8. The Labute approximate surface area is 97.0 Å². The van der Waals surface area contributed by atoms with Crippen LogP contribution in [0.3, 0.4) is 0 Å². The fourth-order valence-electron chi connectivity index (χ4n) is 1.11. The van der Waals surface area contributed by atoms with E-state index in [1.807, 2.05) is 19.9 Å². The van der Waals surface area contributed by atoms with Crippen molar-refractivity contribution in [3.05, 3.63) is 11.8 Å². The molecule has 1 aromatic rings. The molecule has 4 heteroatoms. The van der Waals surface area contributed by atoms with E-state index in [0.717, 1.165) is 12.2 Å². The number of aliphatic hydroxyl groups is 1. The normalized spacial score (nSPS) is 12.9. The number of hydrogen-bond donors (Lipinski definition) is 2. The number of aromatic nitrogens is 1. The van der Waals surface area contributed by atoms with Crippen LogP contribution < -0.4 is 5.32 Å². The molecule has 92 valence electrons. The summed E-state index contributed by atoms with van der Waals surface area (Å²) in [4.78, 5) is 0. The second-order valence-corrected chi connectivity index (χ2v) is 6.03. The maximum Gasteiger partial charge on any atom is 0.224 e. The molecular weight excluding hydrogens is 204 g/mol. The minimum atomic E-state index is -0.356. The van der Waals surface area contributed by atoms with Gasteiger partial charge in [0.1, 0.15) is 0 Å². The van der Waals surface area contributed by atoms with Crippen LogP contribution in [0.25, 0.3) is 0 Å². The molecule has 0 spiro atoms. The van der Waals surface area contributed by atoms with Crippen molar-refractivity contribution < 1.29 is 9.63 Å². The summed E-state index contributed by atoms with van der Waals surface area (Å²) in [6, 6.07) is 1.85. The predicted octanol–water partition coefficient (Wildman–Crippen LogP) is 2.40. The van der Waals surface area contributed by atoms with Crippen LogP contribution in [0.15, 0.2) is 10.6 Å². The van der Waals surface area contributed by atoms with Crippen molar-refractivity contribution in [3.8, 4) is 0 Å². The van der Waals surface area contributed by atoms with Gasteiger partial charge in [0.05, 0.1) is 12.3 Å². The SMILES string of the molecule is CC(C)(C)CNc1cc(C(C)(C)CO)no1. The molecule has 0 amide bonds. The van der Waals surface area contributed by atoms with Crippen LogP contribution in [0.4, 0.5) is 5.88 Å². The van der Waals surface area contributed by atoms with Crippen LogP contribution in [0.1, 0.15) is 40.3 Å². The van der Waals surface area contributed by atoms with Gasteiger partial charge >= 0.3 is 0 Å². The largest absolute Gasteiger partial charge is 0.395 e. The predicted molar refractivity (Wildman–Crippen MR) is 64.6 cm³/mol. The Hall–Kier alpha value is -1.03. The highest BCUT2D eigenvalue weighted by Crippen LogP contribution is 2.24. The molecule has 1 heterocycles. The summed E-state index contributed by atoms with van der Waals surface area (Å²) >= 11 is 0. The number of hydrogen-bond acceptors (Lipinski definition) is 4. The van der Waals surface area contributed by atoms with Gasteiger partial charge in [0.25, 0.3) is 0 Å². The van der Waals surface area contributed by atoms with Crippen LogP contribution in [0.5, 0.6) is 0 Å². The number of nitrogens with one attached hydrogen (secondary N) is 1. The lowest BCUT2D eigenvalue weighted by Gasteiger charge is -2.18. The fourth-order valence-corrected chi connectivity index (χ4v) is 1.11. The Balaban J connectivity index is 2.66. The first kappa shape index (κ1) is 13.0. The van der Waals surface area contributed by atoms with Crippen LogP contribution in [-0.2, 0) is 5.41 Å². The van der Waals surface area contributed by atoms with Crippen molar-refractivity contribution in [2.24, 2.45) is 5.41 Å². The van der Waals surface area contributed by atoms with Crippen molar-refractivity contribution in [3.63, 3.8) is 0 Å². The quantitative estimate of drug-likeness (QED) is 0.827. The molecule has 16 heavy (non-hydrogen) atoms. The van der Waals surface area contributed by atoms with Crippen LogP contribution in [0, 0.1) is 5.41 Å². The molecule has 0 aromatic carbocycles. The summed E-state index contributed by atoms with van der Waals surface area (Å²) in [7, 11) is 0. The summed E-state index contributed by atoms with van der Waals surface area (Å²) < 4.78 is 5.18. The van der Waals surface area contributed by atoms with E-state index >= 15 is 0 Å². The lowest BCUT2D eigenvalue weighted by Crippen LogP contribution is -2.22. The van der Waals surface area contributed by atoms with Crippen molar-refractivity contribution in [1.82, 2.24) is 5.16 Å². The highest BCUT2D eigenvalue weighted by Gasteiger charge is 2.24. The van der Waals surface area contributed by atoms with E-state index in [-0.39, 0.29) is 17.4 Å². The molecule has 0 radical (unpaired) electrons. The van der Waals surface area contributed by atoms with E-state index < -0.39 is 0 Å². The summed E-state index contributed by atoms with van der Waals surface area (Å²) in [6.45, 7) is 11.2. The molecule has 4 nitrogen and oxygen atoms in total. The zero-order chi connectivity index (χ0) is 12.4. The Morgan fingerprint density at radius 2 is 1.94 bits per heavy atom. The molecule has 2 N–H and O–H groups in total. The Kier molecular flexibility index (Phi) is 3.63.